The van der Waals surface area contributed by atoms with Crippen LogP contribution in [0.1, 0.15) is 12.8 Å². The molecule has 16 heavy (non-hydrogen) atoms. The second kappa shape index (κ2) is 5.25. The number of ketones is 1. The maximum absolute atomic E-state index is 12.3. The number of carbonyl (C=O) groups excluding carboxylic acids is 1. The maximum Gasteiger partial charge on any atom is 0.154 e. The van der Waals surface area contributed by atoms with Crippen molar-refractivity contribution in [3.63, 3.8) is 0 Å². The number of piperidine rings is 1. The fourth-order valence-corrected chi connectivity index (χ4v) is 2.67. The van der Waals surface area contributed by atoms with E-state index in [9.17, 15) is 4.79 Å². The Kier molecular flexibility index (Phi) is 3.95. The minimum atomic E-state index is 0.0761. The van der Waals surface area contributed by atoms with Gasteiger partial charge in [0.25, 0.3) is 0 Å². The minimum absolute atomic E-state index is 0.0761. The molecule has 1 atom stereocenters. The van der Waals surface area contributed by atoms with E-state index in [1.54, 1.807) is 0 Å². The van der Waals surface area contributed by atoms with Gasteiger partial charge in [0, 0.05) is 25.6 Å². The van der Waals surface area contributed by atoms with Gasteiger partial charge in [-0.3, -0.25) is 4.79 Å². The summed E-state index contributed by atoms with van der Waals surface area (Å²) in [6.45, 7) is 5.01. The van der Waals surface area contributed by atoms with E-state index in [1.807, 2.05) is 0 Å². The molecule has 0 radical (unpaired) electrons. The van der Waals surface area contributed by atoms with Crippen molar-refractivity contribution in [3.8, 4) is 0 Å². The molecule has 0 amide bonds. The first-order chi connectivity index (χ1) is 7.66. The molecule has 0 aromatic rings. The first-order valence-corrected chi connectivity index (χ1v) is 6.31. The van der Waals surface area contributed by atoms with Crippen molar-refractivity contribution in [3.05, 3.63) is 0 Å². The van der Waals surface area contributed by atoms with E-state index in [2.05, 4.69) is 29.2 Å². The zero-order chi connectivity index (χ0) is 11.5. The van der Waals surface area contributed by atoms with Crippen molar-refractivity contribution >= 4 is 5.78 Å². The fourth-order valence-electron chi connectivity index (χ4n) is 2.67. The SMILES string of the molecule is CN1CCC(C(=O)C2CN(C)CCN2)CC1. The van der Waals surface area contributed by atoms with Gasteiger partial charge in [-0.25, -0.2) is 0 Å². The molecule has 2 fully saturated rings. The molecular weight excluding hydrogens is 202 g/mol. The van der Waals surface area contributed by atoms with Gasteiger partial charge in [0.15, 0.2) is 5.78 Å². The molecule has 1 N–H and O–H groups in total. The Bertz CT molecular complexity index is 249. The summed E-state index contributed by atoms with van der Waals surface area (Å²) in [4.78, 5) is 16.9. The number of Topliss-reactive ketones (excluding diaryl/α,β-unsaturated/α-hetero) is 1. The number of rotatable bonds is 2. The van der Waals surface area contributed by atoms with Gasteiger partial charge in [0.2, 0.25) is 0 Å². The highest BCUT2D eigenvalue weighted by Gasteiger charge is 2.31. The summed E-state index contributed by atoms with van der Waals surface area (Å²) in [5.74, 6) is 0.736. The zero-order valence-electron chi connectivity index (χ0n) is 10.4. The molecule has 2 rings (SSSR count). The van der Waals surface area contributed by atoms with Crippen LogP contribution in [0.3, 0.4) is 0 Å². The predicted molar refractivity (Wildman–Crippen MR) is 64.5 cm³/mol. The monoisotopic (exact) mass is 225 g/mol. The van der Waals surface area contributed by atoms with Crippen LogP contribution in [-0.4, -0.2) is 68.4 Å². The van der Waals surface area contributed by atoms with Crippen LogP contribution in [0.2, 0.25) is 0 Å². The predicted octanol–water partition coefficient (Wildman–Crippen LogP) is -0.199. The van der Waals surface area contributed by atoms with E-state index in [0.717, 1.165) is 45.6 Å². The molecule has 0 aromatic carbocycles. The zero-order valence-corrected chi connectivity index (χ0v) is 10.4. The Labute approximate surface area is 98.0 Å². The number of likely N-dealkylation sites (tertiary alicyclic amines) is 1. The standard InChI is InChI=1S/C12H23N3O/c1-14-6-3-10(4-7-14)12(16)11-9-15(2)8-5-13-11/h10-11,13H,3-9H2,1-2H3. The van der Waals surface area contributed by atoms with Crippen molar-refractivity contribution < 1.29 is 4.79 Å². The number of nitrogens with zero attached hydrogens (tertiary/aromatic N) is 2. The summed E-state index contributed by atoms with van der Waals surface area (Å²) in [5.41, 5.74) is 0. The van der Waals surface area contributed by atoms with Crippen molar-refractivity contribution in [1.82, 2.24) is 15.1 Å². The van der Waals surface area contributed by atoms with Crippen LogP contribution in [0.15, 0.2) is 0 Å². The van der Waals surface area contributed by atoms with Gasteiger partial charge in [-0.15, -0.1) is 0 Å². The average molecular weight is 225 g/mol. The molecule has 2 heterocycles. The largest absolute Gasteiger partial charge is 0.306 e. The molecule has 0 aromatic heterocycles. The van der Waals surface area contributed by atoms with Crippen molar-refractivity contribution in [1.29, 1.82) is 0 Å². The summed E-state index contributed by atoms with van der Waals surface area (Å²) < 4.78 is 0. The molecule has 2 aliphatic rings. The van der Waals surface area contributed by atoms with Crippen LogP contribution >= 0.6 is 0 Å². The summed E-state index contributed by atoms with van der Waals surface area (Å²) in [6, 6.07) is 0.0761. The van der Waals surface area contributed by atoms with Crippen LogP contribution in [0.25, 0.3) is 0 Å². The maximum atomic E-state index is 12.3. The molecule has 2 aliphatic heterocycles. The lowest BCUT2D eigenvalue weighted by atomic mass is 9.88. The first-order valence-electron chi connectivity index (χ1n) is 6.31. The lowest BCUT2D eigenvalue weighted by Crippen LogP contribution is -2.55. The Morgan fingerprint density at radius 1 is 1.12 bits per heavy atom. The van der Waals surface area contributed by atoms with Gasteiger partial charge in [0.05, 0.1) is 6.04 Å². The molecular formula is C12H23N3O. The Balaban J connectivity index is 1.86. The lowest BCUT2D eigenvalue weighted by Gasteiger charge is -2.34. The van der Waals surface area contributed by atoms with Crippen molar-refractivity contribution in [2.24, 2.45) is 5.92 Å². The smallest absolute Gasteiger partial charge is 0.154 e. The third-order valence-corrected chi connectivity index (χ3v) is 3.84. The van der Waals surface area contributed by atoms with Crippen LogP contribution < -0.4 is 5.32 Å². The lowest BCUT2D eigenvalue weighted by molar-refractivity contribution is -0.127. The Morgan fingerprint density at radius 3 is 2.44 bits per heavy atom. The Hall–Kier alpha value is -0.450. The van der Waals surface area contributed by atoms with E-state index in [0.29, 0.717) is 11.7 Å². The molecule has 0 bridgehead atoms. The number of nitrogens with one attached hydrogen (secondary N) is 1. The van der Waals surface area contributed by atoms with Crippen LogP contribution in [0.5, 0.6) is 0 Å². The molecule has 2 saturated heterocycles. The van der Waals surface area contributed by atoms with E-state index in [4.69, 9.17) is 0 Å². The summed E-state index contributed by atoms with van der Waals surface area (Å²) >= 11 is 0. The van der Waals surface area contributed by atoms with Gasteiger partial charge in [-0.05, 0) is 40.0 Å². The van der Waals surface area contributed by atoms with Gasteiger partial charge < -0.3 is 15.1 Å². The Morgan fingerprint density at radius 2 is 1.81 bits per heavy atom. The molecule has 92 valence electrons. The number of carbonyl (C=O) groups is 1. The number of hydrogen-bond donors (Lipinski definition) is 1. The van der Waals surface area contributed by atoms with Gasteiger partial charge >= 0.3 is 0 Å². The summed E-state index contributed by atoms with van der Waals surface area (Å²) in [6.07, 6.45) is 2.08. The second-order valence-electron chi connectivity index (χ2n) is 5.25. The van der Waals surface area contributed by atoms with Crippen LogP contribution in [0, 0.1) is 5.92 Å². The highest BCUT2D eigenvalue weighted by atomic mass is 16.1. The summed E-state index contributed by atoms with van der Waals surface area (Å²) in [5, 5.41) is 3.35. The first kappa shape index (κ1) is 12.0. The number of hydrogen-bond acceptors (Lipinski definition) is 4. The fraction of sp³-hybridized carbons (Fsp3) is 0.917. The van der Waals surface area contributed by atoms with Gasteiger partial charge in [-0.2, -0.15) is 0 Å². The third kappa shape index (κ3) is 2.81. The highest BCUT2D eigenvalue weighted by Crippen LogP contribution is 2.19. The average Bonchev–Trinajstić information content (AvgIpc) is 2.29. The second-order valence-corrected chi connectivity index (χ2v) is 5.25. The quantitative estimate of drug-likeness (QED) is 0.706. The topological polar surface area (TPSA) is 35.6 Å². The molecule has 0 saturated carbocycles. The molecule has 1 unspecified atom stereocenters. The van der Waals surface area contributed by atoms with Crippen molar-refractivity contribution in [2.45, 2.75) is 18.9 Å². The minimum Gasteiger partial charge on any atom is -0.306 e. The third-order valence-electron chi connectivity index (χ3n) is 3.84. The van der Waals surface area contributed by atoms with E-state index < -0.39 is 0 Å². The molecule has 0 aliphatic carbocycles. The number of piperazine rings is 1. The highest BCUT2D eigenvalue weighted by molar-refractivity contribution is 5.86. The van der Waals surface area contributed by atoms with Crippen molar-refractivity contribution in [2.75, 3.05) is 46.8 Å². The van der Waals surface area contributed by atoms with E-state index in [1.165, 1.54) is 0 Å². The van der Waals surface area contributed by atoms with E-state index >= 15 is 0 Å². The molecule has 4 heteroatoms. The van der Waals surface area contributed by atoms with Crippen LogP contribution in [0.4, 0.5) is 0 Å². The van der Waals surface area contributed by atoms with Crippen LogP contribution in [-0.2, 0) is 4.79 Å². The normalized spacial score (nSPS) is 30.5. The number of likely N-dealkylation sites (N-methyl/N-ethyl adjacent to an activating group) is 1. The van der Waals surface area contributed by atoms with Gasteiger partial charge in [-0.1, -0.05) is 0 Å². The molecule has 4 nitrogen and oxygen atoms in total. The van der Waals surface area contributed by atoms with E-state index in [-0.39, 0.29) is 6.04 Å². The summed E-state index contributed by atoms with van der Waals surface area (Å²) in [7, 11) is 4.23. The molecule has 0 spiro atoms. The van der Waals surface area contributed by atoms with Gasteiger partial charge in [0.1, 0.15) is 0 Å².